The zero-order valence-corrected chi connectivity index (χ0v) is 63.2. The molecule has 8 rings (SSSR count). The molecular formula is C66H119ClLi3Si6+3. The van der Waals surface area contributed by atoms with Crippen LogP contribution >= 0.6 is 11.1 Å². The molecule has 0 heterocycles. The quantitative estimate of drug-likeness (QED) is 0.180. The van der Waals surface area contributed by atoms with Gasteiger partial charge in [0.15, 0.2) is 0 Å². The Morgan fingerprint density at radius 2 is 0.842 bits per heavy atom. The summed E-state index contributed by atoms with van der Waals surface area (Å²) in [5, 5.41) is 0. The average Bonchev–Trinajstić information content (AvgIpc) is 4.12. The minimum atomic E-state index is -1.55. The van der Waals surface area contributed by atoms with Gasteiger partial charge in [-0.15, -0.1) is 0 Å². The summed E-state index contributed by atoms with van der Waals surface area (Å²) in [6.45, 7) is 68.6. The molecule has 0 N–H and O–H groups in total. The van der Waals surface area contributed by atoms with E-state index in [-0.39, 0.29) is 56.6 Å². The van der Waals surface area contributed by atoms with Gasteiger partial charge in [0, 0.05) is 15.2 Å². The van der Waals surface area contributed by atoms with Gasteiger partial charge in [0.1, 0.15) is 6.90 Å². The van der Waals surface area contributed by atoms with Gasteiger partial charge in [-0.2, -0.15) is 11.1 Å². The van der Waals surface area contributed by atoms with E-state index < -0.39 is 44.9 Å². The predicted octanol–water partition coefficient (Wildman–Crippen LogP) is 13.5. The van der Waals surface area contributed by atoms with Gasteiger partial charge in [0.25, 0.3) is 0 Å². The molecule has 4 saturated carbocycles. The first-order valence-electron chi connectivity index (χ1n) is 30.5. The van der Waals surface area contributed by atoms with Crippen molar-refractivity contribution in [2.75, 3.05) is 0 Å². The first kappa shape index (κ1) is 73.4. The number of halogens is 1. The molecule has 12 atom stereocenters. The maximum absolute atomic E-state index is 6.79. The molecule has 0 bridgehead atoms. The van der Waals surface area contributed by atoms with Crippen LogP contribution in [0.2, 0.25) is 101 Å². The molecule has 1 aromatic carbocycles. The average molecular weight is 1140 g/mol. The zero-order valence-electron chi connectivity index (χ0n) is 56.5. The van der Waals surface area contributed by atoms with Crippen molar-refractivity contribution in [1.29, 1.82) is 0 Å². The molecule has 0 saturated heterocycles. The van der Waals surface area contributed by atoms with E-state index in [9.17, 15) is 0 Å². The largest absolute Gasteiger partial charge is 1.00 e. The van der Waals surface area contributed by atoms with Gasteiger partial charge in [-0.05, 0) is 182 Å². The summed E-state index contributed by atoms with van der Waals surface area (Å²) in [7, 11) is -6.72. The van der Waals surface area contributed by atoms with Crippen LogP contribution in [-0.4, -0.2) is 44.9 Å². The molecule has 0 aromatic heterocycles. The summed E-state index contributed by atoms with van der Waals surface area (Å²) in [6, 6.07) is 9.05. The fraction of sp³-hybridized carbons (Fsp3) is 0.758. The molecule has 0 radical (unpaired) electrons. The van der Waals surface area contributed by atoms with E-state index in [0.29, 0.717) is 11.1 Å². The number of allylic oxidation sites excluding steroid dienone is 9. The van der Waals surface area contributed by atoms with Crippen LogP contribution in [0.3, 0.4) is 0 Å². The van der Waals surface area contributed by atoms with E-state index >= 15 is 0 Å². The Kier molecular flexibility index (Phi) is 26.6. The Balaban J connectivity index is 0.000000360. The van der Waals surface area contributed by atoms with Crippen molar-refractivity contribution < 1.29 is 56.6 Å². The van der Waals surface area contributed by atoms with Crippen LogP contribution in [0.4, 0.5) is 0 Å². The molecule has 7 aliphatic carbocycles. The number of hydrogen-bond donors (Lipinski definition) is 0. The van der Waals surface area contributed by atoms with Crippen LogP contribution < -0.4 is 56.6 Å². The molecular weight excluding hydrogens is 1020 g/mol. The third-order valence-electron chi connectivity index (χ3n) is 26.2. The topological polar surface area (TPSA) is 0 Å². The maximum Gasteiger partial charge on any atom is 1.00 e. The monoisotopic (exact) mass is 1140 g/mol. The summed E-state index contributed by atoms with van der Waals surface area (Å²) >= 11 is 6.79. The Bertz CT molecular complexity index is 2220. The van der Waals surface area contributed by atoms with Gasteiger partial charge in [-0.25, -0.2) is 0 Å². The first-order valence-corrected chi connectivity index (χ1v) is 52.9. The fourth-order valence-corrected chi connectivity index (χ4v) is 53.5. The molecule has 0 spiro atoms. The Morgan fingerprint density at radius 1 is 0.434 bits per heavy atom. The molecule has 414 valence electrons. The zero-order chi connectivity index (χ0) is 55.6. The van der Waals surface area contributed by atoms with E-state index in [0.717, 1.165) is 75.8 Å². The van der Waals surface area contributed by atoms with Crippen LogP contribution in [0.5, 0.6) is 0 Å². The van der Waals surface area contributed by atoms with Crippen molar-refractivity contribution in [2.45, 2.75) is 262 Å². The Morgan fingerprint density at radius 3 is 1.25 bits per heavy atom. The molecule has 4 fully saturated rings. The molecule has 0 amide bonds. The number of fused-ring (bicyclic) bond motifs is 2. The fourth-order valence-electron chi connectivity index (χ4n) is 17.9. The smallest absolute Gasteiger partial charge is 0.171 e. The van der Waals surface area contributed by atoms with E-state index in [1.807, 2.05) is 0 Å². The van der Waals surface area contributed by atoms with E-state index in [2.05, 4.69) is 226 Å². The van der Waals surface area contributed by atoms with Gasteiger partial charge in [0.2, 0.25) is 0 Å². The SMILES string of the molecule is CC1=C(C)C([Si](C)(C)[Si](C)(C)C2C=Cc3ccccc32)C(C)=C1C.CC1=C(C)C([Si](C)(C)[Si](C)(C)Cl)C(C)=C1C.CC1C(C)C(C)C([Si](C)(C)[Si](C)(C)C2CCC3CCCCC32)C1C.CC1CC(C)C(C)C1C.[Li+].[Li+].[Li+]. The molecule has 0 nitrogen and oxygen atoms in total. The summed E-state index contributed by atoms with van der Waals surface area (Å²) in [4.78, 5) is 0. The standard InChI is InChI=1S/C22H44Si2.C22H32Si2.C13H25ClSi2.C9H18.3Li/c2*1-15-16(2)18(4)22(17(15)3)24(7,8)23(5,6)21-14-13-19-11-9-10-12-20(19)21;1-9-10(2)12(4)13(11(9)3)15(5,6)16(7,8)14;1-6-5-7(2)9(4)8(6)3;;;/h15-22H,9-14H2,1-8H3;9-14,21-22H,1-8H3;13H,1-8H3;6-9H,5H2,1-4H3;;;/q;;;;3*+1. The maximum atomic E-state index is 6.79. The molecule has 0 aliphatic heterocycles. The third kappa shape index (κ3) is 13.7. The molecule has 7 aliphatic rings. The van der Waals surface area contributed by atoms with Crippen molar-refractivity contribution in [3.8, 4) is 0 Å². The number of rotatable bonds is 8. The van der Waals surface area contributed by atoms with Crippen LogP contribution in [-0.2, 0) is 0 Å². The molecule has 10 heteroatoms. The normalized spacial score (nSPS) is 32.1. The summed E-state index contributed by atoms with van der Waals surface area (Å²) in [5.74, 6) is 9.91. The first-order chi connectivity index (χ1) is 33.3. The van der Waals surface area contributed by atoms with Gasteiger partial charge in [0.05, 0.1) is 22.8 Å². The van der Waals surface area contributed by atoms with E-state index in [4.69, 9.17) is 11.1 Å². The minimum Gasteiger partial charge on any atom is -0.171 e. The van der Waals surface area contributed by atoms with Crippen LogP contribution in [0.1, 0.15) is 172 Å². The molecule has 1 aromatic rings. The minimum absolute atomic E-state index is 0. The van der Waals surface area contributed by atoms with Gasteiger partial charge in [-0.1, -0.05) is 231 Å². The van der Waals surface area contributed by atoms with Crippen molar-refractivity contribution in [1.82, 2.24) is 0 Å². The predicted molar refractivity (Wildman–Crippen MR) is 350 cm³/mol. The van der Waals surface area contributed by atoms with Crippen molar-refractivity contribution in [2.24, 2.45) is 59.2 Å². The van der Waals surface area contributed by atoms with Crippen LogP contribution in [0, 0.1) is 59.2 Å². The van der Waals surface area contributed by atoms with Gasteiger partial charge < -0.3 is 0 Å². The number of benzene rings is 1. The van der Waals surface area contributed by atoms with Crippen LogP contribution in [0.25, 0.3) is 6.08 Å². The molecule has 12 unspecified atom stereocenters. The van der Waals surface area contributed by atoms with Crippen molar-refractivity contribution in [3.05, 3.63) is 86.1 Å². The molecule has 76 heavy (non-hydrogen) atoms. The Hall–Kier alpha value is 1.30. The van der Waals surface area contributed by atoms with Crippen molar-refractivity contribution in [3.63, 3.8) is 0 Å². The van der Waals surface area contributed by atoms with Crippen LogP contribution in [0.15, 0.2) is 74.9 Å². The summed E-state index contributed by atoms with van der Waals surface area (Å²) in [6.07, 6.45) is 15.7. The van der Waals surface area contributed by atoms with E-state index in [1.54, 1.807) is 64.7 Å². The second-order valence-corrected chi connectivity index (χ2v) is 80.6. The van der Waals surface area contributed by atoms with E-state index in [1.165, 1.54) is 36.0 Å². The van der Waals surface area contributed by atoms with Crippen molar-refractivity contribution >= 4 is 62.0 Å². The second kappa shape index (κ2) is 27.6. The Labute approximate surface area is 520 Å². The second-order valence-electron chi connectivity index (χ2n) is 30.4. The van der Waals surface area contributed by atoms with Gasteiger partial charge in [-0.3, -0.25) is 0 Å². The summed E-state index contributed by atoms with van der Waals surface area (Å²) in [5.41, 5.74) is 20.0. The van der Waals surface area contributed by atoms with Gasteiger partial charge >= 0.3 is 56.6 Å². The summed E-state index contributed by atoms with van der Waals surface area (Å²) < 4.78 is 0. The third-order valence-corrected chi connectivity index (χ3v) is 86.1. The number of hydrogen-bond acceptors (Lipinski definition) is 0.